The molecule has 1 N–H and O–H groups in total. The Morgan fingerprint density at radius 3 is 2.86 bits per heavy atom. The first-order chi connectivity index (χ1) is 6.50. The van der Waals surface area contributed by atoms with Crippen LogP contribution in [0.25, 0.3) is 0 Å². The van der Waals surface area contributed by atoms with E-state index in [9.17, 15) is 4.79 Å². The molecule has 1 aliphatic heterocycles. The third kappa shape index (κ3) is 1.39. The summed E-state index contributed by atoms with van der Waals surface area (Å²) in [6, 6.07) is 5.57. The van der Waals surface area contributed by atoms with E-state index in [0.717, 1.165) is 4.47 Å². The maximum atomic E-state index is 11.6. The minimum absolute atomic E-state index is 0.128. The lowest BCUT2D eigenvalue weighted by Crippen LogP contribution is -2.45. The van der Waals surface area contributed by atoms with Crippen LogP contribution in [0.4, 0.5) is 5.69 Å². The third-order valence-corrected chi connectivity index (χ3v) is 2.79. The van der Waals surface area contributed by atoms with E-state index in [0.29, 0.717) is 11.4 Å². The summed E-state index contributed by atoms with van der Waals surface area (Å²) in [6.07, 6.45) is 0. The number of para-hydroxylation sites is 1. The summed E-state index contributed by atoms with van der Waals surface area (Å²) in [6.45, 7) is 3.48. The van der Waals surface area contributed by atoms with Crippen LogP contribution >= 0.6 is 15.9 Å². The number of hydrogen-bond donors (Lipinski definition) is 1. The van der Waals surface area contributed by atoms with E-state index in [2.05, 4.69) is 21.2 Å². The van der Waals surface area contributed by atoms with Gasteiger partial charge >= 0.3 is 0 Å². The van der Waals surface area contributed by atoms with Gasteiger partial charge in [-0.05, 0) is 41.9 Å². The van der Waals surface area contributed by atoms with E-state index >= 15 is 0 Å². The van der Waals surface area contributed by atoms with Crippen LogP contribution in [-0.4, -0.2) is 11.5 Å². The van der Waals surface area contributed by atoms with Crippen LogP contribution in [0.1, 0.15) is 13.8 Å². The molecule has 0 radical (unpaired) electrons. The van der Waals surface area contributed by atoms with Crippen LogP contribution in [0.15, 0.2) is 22.7 Å². The van der Waals surface area contributed by atoms with Crippen molar-refractivity contribution in [1.29, 1.82) is 0 Å². The zero-order chi connectivity index (χ0) is 10.3. The number of anilines is 1. The predicted octanol–water partition coefficient (Wildman–Crippen LogP) is 2.56. The number of fused-ring (bicyclic) bond motifs is 1. The molecule has 0 spiro atoms. The van der Waals surface area contributed by atoms with Gasteiger partial charge in [-0.25, -0.2) is 0 Å². The van der Waals surface area contributed by atoms with Gasteiger partial charge in [-0.15, -0.1) is 0 Å². The van der Waals surface area contributed by atoms with Gasteiger partial charge in [-0.1, -0.05) is 6.07 Å². The largest absolute Gasteiger partial charge is 0.476 e. The molecule has 1 aromatic rings. The number of halogens is 1. The van der Waals surface area contributed by atoms with Crippen LogP contribution in [0, 0.1) is 0 Å². The fraction of sp³-hybridized carbons (Fsp3) is 0.300. The predicted molar refractivity (Wildman–Crippen MR) is 57.5 cm³/mol. The van der Waals surface area contributed by atoms with E-state index in [1.807, 2.05) is 18.2 Å². The van der Waals surface area contributed by atoms with Gasteiger partial charge in [0.05, 0.1) is 5.69 Å². The van der Waals surface area contributed by atoms with Crippen molar-refractivity contribution in [3.8, 4) is 5.75 Å². The van der Waals surface area contributed by atoms with Crippen molar-refractivity contribution in [3.63, 3.8) is 0 Å². The lowest BCUT2D eigenvalue weighted by Gasteiger charge is -2.31. The zero-order valence-electron chi connectivity index (χ0n) is 7.93. The van der Waals surface area contributed by atoms with Crippen molar-refractivity contribution in [2.75, 3.05) is 5.32 Å². The van der Waals surface area contributed by atoms with Crippen LogP contribution < -0.4 is 10.1 Å². The molecule has 3 nitrogen and oxygen atoms in total. The molecule has 0 fully saturated rings. The van der Waals surface area contributed by atoms with Crippen LogP contribution in [-0.2, 0) is 4.79 Å². The maximum absolute atomic E-state index is 11.6. The Kier molecular flexibility index (Phi) is 2.03. The second kappa shape index (κ2) is 2.98. The molecule has 1 amide bonds. The fourth-order valence-corrected chi connectivity index (χ4v) is 1.74. The van der Waals surface area contributed by atoms with Gasteiger partial charge in [-0.3, -0.25) is 4.79 Å². The normalized spacial score (nSPS) is 18.1. The molecule has 0 aliphatic carbocycles. The molecule has 0 unspecified atom stereocenters. The number of carbonyl (C=O) groups is 1. The lowest BCUT2D eigenvalue weighted by atomic mass is 10.1. The van der Waals surface area contributed by atoms with Crippen molar-refractivity contribution in [1.82, 2.24) is 0 Å². The Balaban J connectivity index is 2.51. The van der Waals surface area contributed by atoms with E-state index in [4.69, 9.17) is 4.74 Å². The van der Waals surface area contributed by atoms with Crippen molar-refractivity contribution in [2.24, 2.45) is 0 Å². The highest BCUT2D eigenvalue weighted by molar-refractivity contribution is 9.10. The Morgan fingerprint density at radius 2 is 2.14 bits per heavy atom. The van der Waals surface area contributed by atoms with Gasteiger partial charge in [0.15, 0.2) is 5.60 Å². The van der Waals surface area contributed by atoms with Gasteiger partial charge in [0.2, 0.25) is 0 Å². The quantitative estimate of drug-likeness (QED) is 0.774. The molecule has 0 atom stereocenters. The summed E-state index contributed by atoms with van der Waals surface area (Å²) in [5.41, 5.74) is -0.0924. The zero-order valence-corrected chi connectivity index (χ0v) is 9.51. The average molecular weight is 256 g/mol. The van der Waals surface area contributed by atoms with Crippen LogP contribution in [0.5, 0.6) is 5.75 Å². The van der Waals surface area contributed by atoms with Gasteiger partial charge < -0.3 is 10.1 Å². The van der Waals surface area contributed by atoms with Crippen molar-refractivity contribution in [3.05, 3.63) is 22.7 Å². The second-order valence-electron chi connectivity index (χ2n) is 3.68. The lowest BCUT2D eigenvalue weighted by molar-refractivity contribution is -0.129. The molecular weight excluding hydrogens is 246 g/mol. The fourth-order valence-electron chi connectivity index (χ4n) is 1.30. The summed E-state index contributed by atoms with van der Waals surface area (Å²) >= 11 is 3.35. The molecule has 1 aliphatic rings. The van der Waals surface area contributed by atoms with E-state index in [-0.39, 0.29) is 5.91 Å². The summed E-state index contributed by atoms with van der Waals surface area (Å²) in [7, 11) is 0. The third-order valence-electron chi connectivity index (χ3n) is 2.13. The van der Waals surface area contributed by atoms with Gasteiger partial charge in [0.25, 0.3) is 5.91 Å². The summed E-state index contributed by atoms with van der Waals surface area (Å²) in [5, 5.41) is 2.81. The van der Waals surface area contributed by atoms with Crippen molar-refractivity contribution in [2.45, 2.75) is 19.4 Å². The maximum Gasteiger partial charge on any atom is 0.268 e. The highest BCUT2D eigenvalue weighted by atomic mass is 79.9. The molecule has 0 saturated carbocycles. The van der Waals surface area contributed by atoms with E-state index in [1.165, 1.54) is 0 Å². The number of rotatable bonds is 0. The topological polar surface area (TPSA) is 38.3 Å². The standard InChI is InChI=1S/C10H10BrNO2/c1-10(2)9(13)12-8-6(11)4-3-5-7(8)14-10/h3-5H,1-2H3,(H,12,13). The first-order valence-corrected chi connectivity index (χ1v) is 5.09. The Hall–Kier alpha value is -1.03. The van der Waals surface area contributed by atoms with Gasteiger partial charge in [0.1, 0.15) is 5.75 Å². The van der Waals surface area contributed by atoms with Gasteiger partial charge in [-0.2, -0.15) is 0 Å². The molecule has 1 heterocycles. The molecule has 74 valence electrons. The summed E-state index contributed by atoms with van der Waals surface area (Å²) < 4.78 is 6.40. The highest BCUT2D eigenvalue weighted by Crippen LogP contribution is 2.38. The van der Waals surface area contributed by atoms with E-state index in [1.54, 1.807) is 13.8 Å². The molecule has 0 bridgehead atoms. The Bertz CT molecular complexity index is 401. The number of amides is 1. The number of carbonyl (C=O) groups excluding carboxylic acids is 1. The van der Waals surface area contributed by atoms with Gasteiger partial charge in [0, 0.05) is 4.47 Å². The number of benzene rings is 1. The Labute approximate surface area is 90.6 Å². The van der Waals surface area contributed by atoms with Crippen LogP contribution in [0.2, 0.25) is 0 Å². The minimum atomic E-state index is -0.798. The molecule has 4 heteroatoms. The summed E-state index contributed by atoms with van der Waals surface area (Å²) in [5.74, 6) is 0.570. The average Bonchev–Trinajstić information content (AvgIpc) is 2.08. The minimum Gasteiger partial charge on any atom is -0.476 e. The van der Waals surface area contributed by atoms with E-state index < -0.39 is 5.60 Å². The first kappa shape index (κ1) is 9.52. The number of hydrogen-bond acceptors (Lipinski definition) is 2. The molecule has 1 aromatic carbocycles. The molecule has 14 heavy (non-hydrogen) atoms. The monoisotopic (exact) mass is 255 g/mol. The smallest absolute Gasteiger partial charge is 0.268 e. The van der Waals surface area contributed by atoms with Crippen molar-refractivity contribution < 1.29 is 9.53 Å². The highest BCUT2D eigenvalue weighted by Gasteiger charge is 2.35. The van der Waals surface area contributed by atoms with Crippen LogP contribution in [0.3, 0.4) is 0 Å². The molecule has 2 rings (SSSR count). The number of ether oxygens (including phenoxy) is 1. The molecule has 0 aromatic heterocycles. The molecule has 0 saturated heterocycles. The Morgan fingerprint density at radius 1 is 1.43 bits per heavy atom. The second-order valence-corrected chi connectivity index (χ2v) is 4.53. The number of nitrogens with one attached hydrogen (secondary N) is 1. The molecular formula is C10H10BrNO2. The first-order valence-electron chi connectivity index (χ1n) is 4.30. The summed E-state index contributed by atoms with van der Waals surface area (Å²) in [4.78, 5) is 11.6. The SMILES string of the molecule is CC1(C)Oc2cccc(Br)c2NC1=O. The van der Waals surface area contributed by atoms with Crippen molar-refractivity contribution >= 4 is 27.5 Å².